The maximum atomic E-state index is 10.2. The average Bonchev–Trinajstić information content (AvgIpc) is 2.26. The Bertz CT molecular complexity index is 331. The van der Waals surface area contributed by atoms with Crippen LogP contribution < -0.4 is 0 Å². The summed E-state index contributed by atoms with van der Waals surface area (Å²) in [6, 6.07) is 0. The lowest BCUT2D eigenvalue weighted by molar-refractivity contribution is -0.152. The highest BCUT2D eigenvalue weighted by Crippen LogP contribution is 2.10. The van der Waals surface area contributed by atoms with Gasteiger partial charge in [0.05, 0.1) is 24.2 Å². The van der Waals surface area contributed by atoms with Crippen LogP contribution in [0.25, 0.3) is 0 Å². The molecule has 8 nitrogen and oxygen atoms in total. The van der Waals surface area contributed by atoms with E-state index in [1.54, 1.807) is 0 Å². The first-order valence-corrected chi connectivity index (χ1v) is 5.40. The molecule has 0 radical (unpaired) electrons. The van der Waals surface area contributed by atoms with Crippen LogP contribution in [0.2, 0.25) is 0 Å². The maximum absolute atomic E-state index is 10.2. The Labute approximate surface area is 109 Å². The molecule has 0 aliphatic rings. The second-order valence-corrected chi connectivity index (χ2v) is 4.09. The van der Waals surface area contributed by atoms with Gasteiger partial charge < -0.3 is 20.4 Å². The summed E-state index contributed by atoms with van der Waals surface area (Å²) in [7, 11) is 0. The molecule has 0 aromatic heterocycles. The van der Waals surface area contributed by atoms with Gasteiger partial charge >= 0.3 is 23.9 Å². The second-order valence-electron chi connectivity index (χ2n) is 4.09. The fourth-order valence-corrected chi connectivity index (χ4v) is 0.777. The molecule has 0 aromatic rings. The highest BCUT2D eigenvalue weighted by Gasteiger charge is 2.24. The summed E-state index contributed by atoms with van der Waals surface area (Å²) in [6.07, 6.45) is -0.310. The lowest BCUT2D eigenvalue weighted by Gasteiger charge is -2.09. The number of rotatable bonds is 6. The van der Waals surface area contributed by atoms with Gasteiger partial charge in [0.15, 0.2) is 0 Å². The van der Waals surface area contributed by atoms with Crippen LogP contribution in [0.1, 0.15) is 27.2 Å². The van der Waals surface area contributed by atoms with E-state index in [1.807, 2.05) is 0 Å². The van der Waals surface area contributed by atoms with Gasteiger partial charge in [-0.3, -0.25) is 19.2 Å². The number of hydrogen-bond acceptors (Lipinski definition) is 4. The Balaban J connectivity index is 0. The van der Waals surface area contributed by atoms with Gasteiger partial charge in [-0.25, -0.2) is 0 Å². The molecule has 0 aliphatic heterocycles. The van der Waals surface area contributed by atoms with Crippen LogP contribution in [0.3, 0.4) is 0 Å². The van der Waals surface area contributed by atoms with E-state index in [0.717, 1.165) is 0 Å². The molecule has 3 atom stereocenters. The molecule has 0 saturated carbocycles. The molecule has 0 fully saturated rings. The SMILES string of the molecule is CC(C(=O)O)C(C)C(=O)O.CC(CC(=O)O)C(=O)O. The summed E-state index contributed by atoms with van der Waals surface area (Å²) in [5, 5.41) is 32.9. The summed E-state index contributed by atoms with van der Waals surface area (Å²) < 4.78 is 0. The van der Waals surface area contributed by atoms with Gasteiger partial charge in [0.2, 0.25) is 0 Å². The van der Waals surface area contributed by atoms with Gasteiger partial charge in [0.1, 0.15) is 0 Å². The van der Waals surface area contributed by atoms with E-state index >= 15 is 0 Å². The van der Waals surface area contributed by atoms with Crippen molar-refractivity contribution in [1.82, 2.24) is 0 Å². The quantitative estimate of drug-likeness (QED) is 0.552. The fourth-order valence-electron chi connectivity index (χ4n) is 0.777. The van der Waals surface area contributed by atoms with Crippen molar-refractivity contribution in [3.05, 3.63) is 0 Å². The van der Waals surface area contributed by atoms with Crippen LogP contribution in [0.15, 0.2) is 0 Å². The van der Waals surface area contributed by atoms with Crippen molar-refractivity contribution < 1.29 is 39.6 Å². The summed E-state index contributed by atoms with van der Waals surface area (Å²) >= 11 is 0. The maximum Gasteiger partial charge on any atom is 0.307 e. The predicted octanol–water partition coefficient (Wildman–Crippen LogP) is 0.610. The number of carboxylic acids is 4. The van der Waals surface area contributed by atoms with Crippen molar-refractivity contribution >= 4 is 23.9 Å². The van der Waals surface area contributed by atoms with E-state index in [-0.39, 0.29) is 6.42 Å². The van der Waals surface area contributed by atoms with Gasteiger partial charge in [-0.15, -0.1) is 0 Å². The minimum absolute atomic E-state index is 0.310. The van der Waals surface area contributed by atoms with Gasteiger partial charge in [0, 0.05) is 0 Å². The third-order valence-corrected chi connectivity index (χ3v) is 2.43. The molecule has 0 heterocycles. The first kappa shape index (κ1) is 19.2. The van der Waals surface area contributed by atoms with E-state index in [9.17, 15) is 19.2 Å². The molecular weight excluding hydrogens is 260 g/mol. The third-order valence-electron chi connectivity index (χ3n) is 2.43. The van der Waals surface area contributed by atoms with Gasteiger partial charge in [-0.05, 0) is 0 Å². The zero-order valence-electron chi connectivity index (χ0n) is 10.9. The summed E-state index contributed by atoms with van der Waals surface area (Å²) in [5.41, 5.74) is 0. The van der Waals surface area contributed by atoms with Crippen LogP contribution in [-0.4, -0.2) is 44.3 Å². The van der Waals surface area contributed by atoms with E-state index in [4.69, 9.17) is 20.4 Å². The Morgan fingerprint density at radius 1 is 0.737 bits per heavy atom. The molecule has 0 aromatic carbocycles. The third kappa shape index (κ3) is 9.57. The zero-order chi connectivity index (χ0) is 15.7. The predicted molar refractivity (Wildman–Crippen MR) is 62.7 cm³/mol. The van der Waals surface area contributed by atoms with Crippen molar-refractivity contribution in [2.75, 3.05) is 0 Å². The van der Waals surface area contributed by atoms with Crippen LogP contribution in [0.4, 0.5) is 0 Å². The lowest BCUT2D eigenvalue weighted by Crippen LogP contribution is -2.24. The van der Waals surface area contributed by atoms with Crippen molar-refractivity contribution in [3.8, 4) is 0 Å². The Hall–Kier alpha value is -2.12. The molecule has 0 saturated heterocycles. The monoisotopic (exact) mass is 278 g/mol. The normalized spacial score (nSPS) is 14.3. The van der Waals surface area contributed by atoms with Crippen molar-refractivity contribution in [2.24, 2.45) is 17.8 Å². The first-order chi connectivity index (χ1) is 8.50. The molecular formula is C11H18O8. The minimum atomic E-state index is -1.08. The lowest BCUT2D eigenvalue weighted by atomic mass is 9.97. The van der Waals surface area contributed by atoms with Crippen LogP contribution in [-0.2, 0) is 19.2 Å². The van der Waals surface area contributed by atoms with E-state index in [1.165, 1.54) is 20.8 Å². The summed E-state index contributed by atoms with van der Waals surface area (Å²) in [5.74, 6) is -6.73. The van der Waals surface area contributed by atoms with Crippen molar-refractivity contribution in [3.63, 3.8) is 0 Å². The first-order valence-electron chi connectivity index (χ1n) is 5.40. The van der Waals surface area contributed by atoms with Gasteiger partial charge in [-0.1, -0.05) is 20.8 Å². The molecule has 0 bridgehead atoms. The van der Waals surface area contributed by atoms with Crippen molar-refractivity contribution in [1.29, 1.82) is 0 Å². The fraction of sp³-hybridized carbons (Fsp3) is 0.636. The molecule has 0 spiro atoms. The van der Waals surface area contributed by atoms with E-state index in [2.05, 4.69) is 0 Å². The Morgan fingerprint density at radius 2 is 1.05 bits per heavy atom. The molecule has 19 heavy (non-hydrogen) atoms. The molecule has 4 N–H and O–H groups in total. The Kier molecular flexibility index (Phi) is 9.00. The highest BCUT2D eigenvalue weighted by molar-refractivity contribution is 5.79. The van der Waals surface area contributed by atoms with Gasteiger partial charge in [-0.2, -0.15) is 0 Å². The second kappa shape index (κ2) is 8.90. The van der Waals surface area contributed by atoms with E-state index < -0.39 is 41.6 Å². The molecule has 0 aliphatic carbocycles. The molecule has 8 heteroatoms. The smallest absolute Gasteiger partial charge is 0.307 e. The molecule has 0 rings (SSSR count). The van der Waals surface area contributed by atoms with Crippen molar-refractivity contribution in [2.45, 2.75) is 27.2 Å². The summed E-state index contributed by atoms with van der Waals surface area (Å²) in [4.78, 5) is 40.2. The average molecular weight is 278 g/mol. The highest BCUT2D eigenvalue weighted by atomic mass is 16.4. The summed E-state index contributed by atoms with van der Waals surface area (Å²) in [6.45, 7) is 4.11. The molecule has 110 valence electrons. The van der Waals surface area contributed by atoms with Crippen LogP contribution in [0.5, 0.6) is 0 Å². The molecule has 3 unspecified atom stereocenters. The van der Waals surface area contributed by atoms with Crippen LogP contribution >= 0.6 is 0 Å². The largest absolute Gasteiger partial charge is 0.481 e. The Morgan fingerprint density at radius 3 is 1.16 bits per heavy atom. The zero-order valence-corrected chi connectivity index (χ0v) is 10.9. The molecule has 0 amide bonds. The number of carbonyl (C=O) groups is 4. The van der Waals surface area contributed by atoms with E-state index in [0.29, 0.717) is 0 Å². The topological polar surface area (TPSA) is 149 Å². The number of aliphatic carboxylic acids is 4. The van der Waals surface area contributed by atoms with Crippen LogP contribution in [0, 0.1) is 17.8 Å². The standard InChI is InChI=1S/C6H10O4.C5H8O4/c1-3(5(7)8)4(2)6(9)10;1-3(5(8)9)2-4(6)7/h3-4H,1-2H3,(H,7,8)(H,9,10);3H,2H2,1H3,(H,6,7)(H,8,9). The minimum Gasteiger partial charge on any atom is -0.481 e. The van der Waals surface area contributed by atoms with Gasteiger partial charge in [0.25, 0.3) is 0 Å². The number of hydrogen-bond donors (Lipinski definition) is 4. The number of carboxylic acid groups (broad SMARTS) is 4.